The van der Waals surface area contributed by atoms with Gasteiger partial charge in [0.25, 0.3) is 0 Å². The Morgan fingerprint density at radius 3 is 2.87 bits per heavy atom. The molecule has 23 heavy (non-hydrogen) atoms. The Morgan fingerprint density at radius 2 is 2.17 bits per heavy atom. The predicted octanol–water partition coefficient (Wildman–Crippen LogP) is 1.55. The topological polar surface area (TPSA) is 46.9 Å². The smallest absolute Gasteiger partial charge is 0.230 e. The fourth-order valence-corrected chi connectivity index (χ4v) is 3.65. The van der Waals surface area contributed by atoms with Gasteiger partial charge in [0.15, 0.2) is 5.13 Å². The molecule has 3 rings (SSSR count). The van der Waals surface area contributed by atoms with Crippen molar-refractivity contribution in [1.29, 1.82) is 0 Å². The number of ether oxygens (including phenoxy) is 1. The minimum atomic E-state index is -0.0183. The molecule has 0 atom stereocenters. The molecule has 1 aromatic heterocycles. The third-order valence-corrected chi connectivity index (χ3v) is 4.81. The molecule has 0 spiro atoms. The minimum Gasteiger partial charge on any atom is -0.370 e. The molecule has 1 amide bonds. The number of benzene rings is 1. The summed E-state index contributed by atoms with van der Waals surface area (Å²) >= 11 is 1.52. The highest BCUT2D eigenvalue weighted by Gasteiger charge is 2.20. The lowest BCUT2D eigenvalue weighted by atomic mass is 10.2. The van der Waals surface area contributed by atoms with E-state index in [1.54, 1.807) is 11.8 Å². The van der Waals surface area contributed by atoms with Crippen molar-refractivity contribution in [2.45, 2.75) is 20.4 Å². The number of nitrogens with one attached hydrogen (secondary N) is 1. The molecule has 6 heteroatoms. The molecular weight excluding hydrogens is 310 g/mol. The van der Waals surface area contributed by atoms with Crippen LogP contribution in [0.15, 0.2) is 29.6 Å². The molecule has 2 heterocycles. The van der Waals surface area contributed by atoms with Gasteiger partial charge < -0.3 is 9.64 Å². The Labute approximate surface area is 140 Å². The molecule has 1 saturated heterocycles. The van der Waals surface area contributed by atoms with Gasteiger partial charge in [0.2, 0.25) is 5.91 Å². The highest BCUT2D eigenvalue weighted by Crippen LogP contribution is 2.29. The Bertz CT molecular complexity index is 680. The van der Waals surface area contributed by atoms with Gasteiger partial charge in [0.05, 0.1) is 18.9 Å². The third-order valence-electron chi connectivity index (χ3n) is 3.94. The standard InChI is InChI=1S/C17H21N3O2S/c1-13-4-3-5-16(10-13)20(14(2)21)17-18-15(12-23-17)11-19-6-8-22-9-7-19/h3-5,10,12H,6-9,11H2,1-2H3/p+1. The monoisotopic (exact) mass is 332 g/mol. The molecule has 1 N–H and O–H groups in total. The molecule has 0 bridgehead atoms. The number of carbonyl (C=O) groups is 1. The van der Waals surface area contributed by atoms with Crippen LogP contribution >= 0.6 is 11.3 Å². The van der Waals surface area contributed by atoms with E-state index in [0.29, 0.717) is 0 Å². The lowest BCUT2D eigenvalue weighted by Crippen LogP contribution is -3.12. The zero-order chi connectivity index (χ0) is 16.2. The summed E-state index contributed by atoms with van der Waals surface area (Å²) in [6, 6.07) is 7.95. The number of anilines is 2. The van der Waals surface area contributed by atoms with E-state index >= 15 is 0 Å². The zero-order valence-electron chi connectivity index (χ0n) is 13.5. The summed E-state index contributed by atoms with van der Waals surface area (Å²) in [7, 11) is 0. The maximum absolute atomic E-state index is 12.1. The largest absolute Gasteiger partial charge is 0.370 e. The number of quaternary nitrogens is 1. The Balaban J connectivity index is 1.79. The molecular formula is C17H22N3O2S+. The molecule has 5 nitrogen and oxygen atoms in total. The number of carbonyl (C=O) groups excluding carboxylic acids is 1. The van der Waals surface area contributed by atoms with Gasteiger partial charge in [-0.1, -0.05) is 12.1 Å². The molecule has 0 saturated carbocycles. The van der Waals surface area contributed by atoms with Crippen molar-refractivity contribution in [2.24, 2.45) is 0 Å². The van der Waals surface area contributed by atoms with Crippen molar-refractivity contribution in [1.82, 2.24) is 4.98 Å². The normalized spacial score (nSPS) is 15.6. The maximum atomic E-state index is 12.1. The first kappa shape index (κ1) is 16.1. The number of hydrogen-bond acceptors (Lipinski definition) is 4. The van der Waals surface area contributed by atoms with Gasteiger partial charge in [0, 0.05) is 12.3 Å². The molecule has 2 aromatic rings. The number of aromatic nitrogens is 1. The van der Waals surface area contributed by atoms with E-state index in [4.69, 9.17) is 9.72 Å². The molecule has 0 aliphatic carbocycles. The molecule has 1 fully saturated rings. The van der Waals surface area contributed by atoms with Gasteiger partial charge in [-0.3, -0.25) is 9.69 Å². The van der Waals surface area contributed by atoms with Crippen molar-refractivity contribution in [2.75, 3.05) is 31.2 Å². The number of morpholine rings is 1. The van der Waals surface area contributed by atoms with Gasteiger partial charge in [-0.2, -0.15) is 0 Å². The number of hydrogen-bond donors (Lipinski definition) is 1. The van der Waals surface area contributed by atoms with Crippen LogP contribution in [0.4, 0.5) is 10.8 Å². The molecule has 0 unspecified atom stereocenters. The molecule has 122 valence electrons. The summed E-state index contributed by atoms with van der Waals surface area (Å²) in [4.78, 5) is 20.0. The van der Waals surface area contributed by atoms with Crippen LogP contribution in [0.5, 0.6) is 0 Å². The van der Waals surface area contributed by atoms with Crippen LogP contribution in [0, 0.1) is 6.92 Å². The highest BCUT2D eigenvalue weighted by molar-refractivity contribution is 7.14. The fraction of sp³-hybridized carbons (Fsp3) is 0.412. The Hall–Kier alpha value is -1.76. The van der Waals surface area contributed by atoms with Gasteiger partial charge >= 0.3 is 0 Å². The first-order chi connectivity index (χ1) is 11.1. The van der Waals surface area contributed by atoms with Crippen molar-refractivity contribution in [3.8, 4) is 0 Å². The van der Waals surface area contributed by atoms with E-state index in [0.717, 1.165) is 54.9 Å². The van der Waals surface area contributed by atoms with E-state index in [1.807, 2.05) is 31.2 Å². The Kier molecular flexibility index (Phi) is 5.05. The van der Waals surface area contributed by atoms with Gasteiger partial charge in [-0.15, -0.1) is 11.3 Å². The average Bonchev–Trinajstić information content (AvgIpc) is 2.96. The van der Waals surface area contributed by atoms with Gasteiger partial charge in [-0.25, -0.2) is 4.98 Å². The molecule has 1 aliphatic heterocycles. The van der Waals surface area contributed by atoms with E-state index in [-0.39, 0.29) is 5.91 Å². The Morgan fingerprint density at radius 1 is 1.39 bits per heavy atom. The predicted molar refractivity (Wildman–Crippen MR) is 91.3 cm³/mol. The van der Waals surface area contributed by atoms with Crippen molar-refractivity contribution >= 4 is 28.1 Å². The van der Waals surface area contributed by atoms with Crippen LogP contribution in [0.2, 0.25) is 0 Å². The first-order valence-corrected chi connectivity index (χ1v) is 8.74. The van der Waals surface area contributed by atoms with E-state index in [2.05, 4.69) is 5.38 Å². The summed E-state index contributed by atoms with van der Waals surface area (Å²) in [6.45, 7) is 8.15. The summed E-state index contributed by atoms with van der Waals surface area (Å²) in [6.07, 6.45) is 0. The number of nitrogens with zero attached hydrogens (tertiary/aromatic N) is 2. The minimum absolute atomic E-state index is 0.0183. The van der Waals surface area contributed by atoms with Crippen LogP contribution in [-0.2, 0) is 16.1 Å². The second-order valence-electron chi connectivity index (χ2n) is 5.85. The number of rotatable bonds is 4. The summed E-state index contributed by atoms with van der Waals surface area (Å²) < 4.78 is 5.39. The summed E-state index contributed by atoms with van der Waals surface area (Å²) in [5.74, 6) is -0.0183. The van der Waals surface area contributed by atoms with Crippen molar-refractivity contribution in [3.63, 3.8) is 0 Å². The highest BCUT2D eigenvalue weighted by atomic mass is 32.1. The zero-order valence-corrected chi connectivity index (χ0v) is 14.4. The third kappa shape index (κ3) is 3.96. The van der Waals surface area contributed by atoms with Crippen LogP contribution < -0.4 is 9.80 Å². The first-order valence-electron chi connectivity index (χ1n) is 7.86. The van der Waals surface area contributed by atoms with Crippen LogP contribution in [0.1, 0.15) is 18.2 Å². The fourth-order valence-electron chi connectivity index (χ4n) is 2.77. The number of aryl methyl sites for hydroxylation is 1. The summed E-state index contributed by atoms with van der Waals surface area (Å²) in [5, 5.41) is 2.80. The molecule has 1 aromatic carbocycles. The second-order valence-corrected chi connectivity index (χ2v) is 6.69. The number of thiazole rings is 1. The summed E-state index contributed by atoms with van der Waals surface area (Å²) in [5.41, 5.74) is 3.04. The van der Waals surface area contributed by atoms with E-state index in [1.165, 1.54) is 16.2 Å². The number of amides is 1. The lowest BCUT2D eigenvalue weighted by molar-refractivity contribution is -0.921. The molecule has 0 radical (unpaired) electrons. The van der Waals surface area contributed by atoms with Crippen molar-refractivity contribution < 1.29 is 14.4 Å². The lowest BCUT2D eigenvalue weighted by Gasteiger charge is -2.23. The molecule has 1 aliphatic rings. The second kappa shape index (κ2) is 7.21. The van der Waals surface area contributed by atoms with Crippen LogP contribution in [0.3, 0.4) is 0 Å². The quantitative estimate of drug-likeness (QED) is 0.924. The van der Waals surface area contributed by atoms with Gasteiger partial charge in [-0.05, 0) is 24.6 Å². The van der Waals surface area contributed by atoms with Crippen molar-refractivity contribution in [3.05, 3.63) is 40.9 Å². The van der Waals surface area contributed by atoms with E-state index < -0.39 is 0 Å². The SMILES string of the molecule is CC(=O)N(c1cccc(C)c1)c1nc(C[NH+]2CCOCC2)cs1. The van der Waals surface area contributed by atoms with Gasteiger partial charge in [0.1, 0.15) is 25.3 Å². The average molecular weight is 332 g/mol. The van der Waals surface area contributed by atoms with Crippen LogP contribution in [-0.4, -0.2) is 37.2 Å². The van der Waals surface area contributed by atoms with Crippen LogP contribution in [0.25, 0.3) is 0 Å². The van der Waals surface area contributed by atoms with E-state index in [9.17, 15) is 4.79 Å². The maximum Gasteiger partial charge on any atom is 0.230 e.